The summed E-state index contributed by atoms with van der Waals surface area (Å²) in [5, 5.41) is 3.33. The molecule has 1 heterocycles. The van der Waals surface area contributed by atoms with E-state index < -0.39 is 0 Å². The summed E-state index contributed by atoms with van der Waals surface area (Å²) >= 11 is 3.34. The Morgan fingerprint density at radius 3 is 2.61 bits per heavy atom. The minimum absolute atomic E-state index is 0.226. The fourth-order valence-corrected chi connectivity index (χ4v) is 2.42. The Hall–Kier alpha value is -0.870. The molecule has 2 rings (SSSR count). The van der Waals surface area contributed by atoms with Crippen molar-refractivity contribution in [3.63, 3.8) is 0 Å². The number of hydrogen-bond acceptors (Lipinski definition) is 3. The van der Waals surface area contributed by atoms with Crippen molar-refractivity contribution in [2.45, 2.75) is 19.3 Å². The molecule has 1 N–H and O–H groups in total. The van der Waals surface area contributed by atoms with Gasteiger partial charge in [-0.2, -0.15) is 0 Å². The number of piperidine rings is 1. The number of rotatable bonds is 4. The van der Waals surface area contributed by atoms with Crippen LogP contribution >= 0.6 is 15.9 Å². The fraction of sp³-hybridized carbons (Fsp3) is 0.500. The number of benzene rings is 1. The number of carbonyl (C=O) groups excluding carboxylic acids is 1. The molecule has 98 valence electrons. The molecule has 1 fully saturated rings. The fourth-order valence-electron chi connectivity index (χ4n) is 2.16. The minimum atomic E-state index is -0.226. The van der Waals surface area contributed by atoms with Gasteiger partial charge in [0.05, 0.1) is 12.2 Å². The van der Waals surface area contributed by atoms with Crippen LogP contribution in [0.25, 0.3) is 0 Å². The highest BCUT2D eigenvalue weighted by Crippen LogP contribution is 2.16. The van der Waals surface area contributed by atoms with Gasteiger partial charge in [-0.1, -0.05) is 15.9 Å². The topological polar surface area (TPSA) is 38.3 Å². The van der Waals surface area contributed by atoms with Crippen molar-refractivity contribution in [1.29, 1.82) is 0 Å². The Bertz CT molecular complexity index is 385. The summed E-state index contributed by atoms with van der Waals surface area (Å²) in [5.74, 6) is 0.473. The molecular weight excluding hydrogens is 294 g/mol. The van der Waals surface area contributed by atoms with Gasteiger partial charge in [-0.25, -0.2) is 4.79 Å². The number of esters is 1. The van der Waals surface area contributed by atoms with E-state index in [0.717, 1.165) is 24.0 Å². The van der Waals surface area contributed by atoms with Gasteiger partial charge in [0.2, 0.25) is 0 Å². The quantitative estimate of drug-likeness (QED) is 0.869. The number of nitrogens with one attached hydrogen (secondary N) is 1. The highest BCUT2D eigenvalue weighted by Gasteiger charge is 2.14. The first kappa shape index (κ1) is 13.6. The van der Waals surface area contributed by atoms with E-state index in [4.69, 9.17) is 4.74 Å². The summed E-state index contributed by atoms with van der Waals surface area (Å²) in [5.41, 5.74) is 0.614. The molecule has 1 aliphatic rings. The molecule has 3 nitrogen and oxygen atoms in total. The number of carbonyl (C=O) groups is 1. The van der Waals surface area contributed by atoms with Crippen LogP contribution in [-0.4, -0.2) is 25.7 Å². The van der Waals surface area contributed by atoms with E-state index in [9.17, 15) is 4.79 Å². The van der Waals surface area contributed by atoms with Crippen LogP contribution in [0.4, 0.5) is 0 Å². The van der Waals surface area contributed by atoms with Crippen LogP contribution in [0.3, 0.4) is 0 Å². The summed E-state index contributed by atoms with van der Waals surface area (Å²) in [7, 11) is 0. The van der Waals surface area contributed by atoms with Crippen LogP contribution < -0.4 is 5.32 Å². The number of ether oxygens (including phenoxy) is 1. The molecule has 0 aromatic heterocycles. The molecule has 0 unspecified atom stereocenters. The van der Waals surface area contributed by atoms with Crippen molar-refractivity contribution >= 4 is 21.9 Å². The molecule has 4 heteroatoms. The Balaban J connectivity index is 1.72. The predicted octanol–water partition coefficient (Wildman–Crippen LogP) is 3.00. The molecule has 1 aromatic carbocycles. The summed E-state index contributed by atoms with van der Waals surface area (Å²) in [6.45, 7) is 2.70. The second-order valence-corrected chi connectivity index (χ2v) is 5.54. The monoisotopic (exact) mass is 311 g/mol. The normalized spacial score (nSPS) is 16.5. The largest absolute Gasteiger partial charge is 0.462 e. The maximum Gasteiger partial charge on any atom is 0.338 e. The second-order valence-electron chi connectivity index (χ2n) is 4.62. The summed E-state index contributed by atoms with van der Waals surface area (Å²) < 4.78 is 6.26. The van der Waals surface area contributed by atoms with Gasteiger partial charge in [0.1, 0.15) is 0 Å². The summed E-state index contributed by atoms with van der Waals surface area (Å²) in [6.07, 6.45) is 3.36. The molecule has 0 atom stereocenters. The Kier molecular flexibility index (Phi) is 5.20. The lowest BCUT2D eigenvalue weighted by atomic mass is 9.95. The molecule has 0 amide bonds. The van der Waals surface area contributed by atoms with Crippen LogP contribution in [0.5, 0.6) is 0 Å². The highest BCUT2D eigenvalue weighted by molar-refractivity contribution is 9.10. The third-order valence-electron chi connectivity index (χ3n) is 3.30. The van der Waals surface area contributed by atoms with Crippen molar-refractivity contribution in [3.05, 3.63) is 34.3 Å². The lowest BCUT2D eigenvalue weighted by Crippen LogP contribution is -2.28. The summed E-state index contributed by atoms with van der Waals surface area (Å²) in [4.78, 5) is 11.7. The van der Waals surface area contributed by atoms with E-state index in [-0.39, 0.29) is 5.97 Å². The first-order valence-electron chi connectivity index (χ1n) is 6.39. The zero-order valence-electron chi connectivity index (χ0n) is 10.3. The number of hydrogen-bond donors (Lipinski definition) is 1. The van der Waals surface area contributed by atoms with Gasteiger partial charge in [0.15, 0.2) is 0 Å². The van der Waals surface area contributed by atoms with Crippen molar-refractivity contribution in [2.75, 3.05) is 19.7 Å². The average Bonchev–Trinajstić information content (AvgIpc) is 2.40. The van der Waals surface area contributed by atoms with Crippen molar-refractivity contribution in [1.82, 2.24) is 5.32 Å². The molecule has 0 bridgehead atoms. The predicted molar refractivity (Wildman–Crippen MR) is 74.6 cm³/mol. The maximum atomic E-state index is 11.7. The Morgan fingerprint density at radius 1 is 1.28 bits per heavy atom. The van der Waals surface area contributed by atoms with Crippen molar-refractivity contribution < 1.29 is 9.53 Å². The van der Waals surface area contributed by atoms with E-state index in [0.29, 0.717) is 18.1 Å². The van der Waals surface area contributed by atoms with Gasteiger partial charge in [-0.05, 0) is 62.5 Å². The molecule has 0 saturated carbocycles. The molecule has 0 radical (unpaired) electrons. The smallest absolute Gasteiger partial charge is 0.338 e. The van der Waals surface area contributed by atoms with E-state index in [1.54, 1.807) is 12.1 Å². The van der Waals surface area contributed by atoms with Gasteiger partial charge in [-0.3, -0.25) is 0 Å². The van der Waals surface area contributed by atoms with Crippen molar-refractivity contribution in [2.24, 2.45) is 5.92 Å². The van der Waals surface area contributed by atoms with E-state index in [1.165, 1.54) is 12.8 Å². The lowest BCUT2D eigenvalue weighted by Gasteiger charge is -2.22. The summed E-state index contributed by atoms with van der Waals surface area (Å²) in [6, 6.07) is 7.25. The average molecular weight is 312 g/mol. The molecule has 1 aromatic rings. The van der Waals surface area contributed by atoms with E-state index in [2.05, 4.69) is 21.2 Å². The van der Waals surface area contributed by atoms with Gasteiger partial charge < -0.3 is 10.1 Å². The van der Waals surface area contributed by atoms with Gasteiger partial charge in [0, 0.05) is 4.47 Å². The van der Waals surface area contributed by atoms with Crippen LogP contribution in [-0.2, 0) is 4.74 Å². The minimum Gasteiger partial charge on any atom is -0.462 e. The zero-order valence-corrected chi connectivity index (χ0v) is 11.9. The molecule has 1 aliphatic heterocycles. The third-order valence-corrected chi connectivity index (χ3v) is 3.83. The lowest BCUT2D eigenvalue weighted by molar-refractivity contribution is 0.0476. The second kappa shape index (κ2) is 6.90. The van der Waals surface area contributed by atoms with Crippen LogP contribution in [0.1, 0.15) is 29.6 Å². The van der Waals surface area contributed by atoms with Gasteiger partial charge >= 0.3 is 5.97 Å². The highest BCUT2D eigenvalue weighted by atomic mass is 79.9. The van der Waals surface area contributed by atoms with E-state index in [1.807, 2.05) is 12.1 Å². The first-order valence-corrected chi connectivity index (χ1v) is 7.18. The molecular formula is C14H18BrNO2. The third kappa shape index (κ3) is 4.10. The van der Waals surface area contributed by atoms with Gasteiger partial charge in [0.25, 0.3) is 0 Å². The SMILES string of the molecule is O=C(OCCC1CCNCC1)c1ccc(Br)cc1. The molecule has 0 spiro atoms. The van der Waals surface area contributed by atoms with Crippen LogP contribution in [0.2, 0.25) is 0 Å². The maximum absolute atomic E-state index is 11.7. The van der Waals surface area contributed by atoms with Crippen molar-refractivity contribution in [3.8, 4) is 0 Å². The molecule has 1 saturated heterocycles. The van der Waals surface area contributed by atoms with Gasteiger partial charge in [-0.15, -0.1) is 0 Å². The van der Waals surface area contributed by atoms with Crippen LogP contribution in [0, 0.1) is 5.92 Å². The molecule has 0 aliphatic carbocycles. The Morgan fingerprint density at radius 2 is 1.94 bits per heavy atom. The standard InChI is InChI=1S/C14H18BrNO2/c15-13-3-1-12(2-4-13)14(17)18-10-7-11-5-8-16-9-6-11/h1-4,11,16H,5-10H2. The van der Waals surface area contributed by atoms with E-state index >= 15 is 0 Å². The first-order chi connectivity index (χ1) is 8.75. The molecule has 18 heavy (non-hydrogen) atoms. The Labute approximate surface area is 116 Å². The number of halogens is 1. The zero-order chi connectivity index (χ0) is 12.8. The van der Waals surface area contributed by atoms with Crippen LogP contribution in [0.15, 0.2) is 28.7 Å².